The molecule has 0 aliphatic carbocycles. The maximum Gasteiger partial charge on any atom is 0.387 e. The Hall–Kier alpha value is -2.58. The molecule has 1 unspecified atom stereocenters. The van der Waals surface area contributed by atoms with Crippen LogP contribution >= 0.6 is 0 Å². The lowest BCUT2D eigenvalue weighted by Gasteiger charge is -2.18. The van der Waals surface area contributed by atoms with E-state index in [-0.39, 0.29) is 30.8 Å². The Morgan fingerprint density at radius 3 is 2.41 bits per heavy atom. The zero-order chi connectivity index (χ0) is 21.2. The molecule has 6 nitrogen and oxygen atoms in total. The van der Waals surface area contributed by atoms with Crippen molar-refractivity contribution in [2.24, 2.45) is 0 Å². The van der Waals surface area contributed by atoms with Crippen LogP contribution in [-0.4, -0.2) is 38.6 Å². The van der Waals surface area contributed by atoms with Gasteiger partial charge in [0.2, 0.25) is 0 Å². The fraction of sp³-hybridized carbons (Fsp3) is 0.429. The average Bonchev–Trinajstić information content (AvgIpc) is 2.71. The van der Waals surface area contributed by atoms with Crippen LogP contribution in [0.25, 0.3) is 0 Å². The number of aliphatic hydroxyl groups excluding tert-OH is 1. The van der Waals surface area contributed by atoms with Gasteiger partial charge in [0.05, 0.1) is 20.3 Å². The second-order valence-electron chi connectivity index (χ2n) is 6.18. The fourth-order valence-corrected chi connectivity index (χ4v) is 2.74. The van der Waals surface area contributed by atoms with E-state index in [1.165, 1.54) is 6.07 Å². The van der Waals surface area contributed by atoms with Crippen LogP contribution in [0.2, 0.25) is 0 Å². The van der Waals surface area contributed by atoms with Gasteiger partial charge in [-0.25, -0.2) is 0 Å². The molecule has 0 spiro atoms. The zero-order valence-corrected chi connectivity index (χ0v) is 16.8. The monoisotopic (exact) mass is 411 g/mol. The molecule has 0 saturated carbocycles. The number of rotatable bonds is 12. The van der Waals surface area contributed by atoms with Gasteiger partial charge >= 0.3 is 6.61 Å². The van der Waals surface area contributed by atoms with E-state index >= 15 is 0 Å². The van der Waals surface area contributed by atoms with Crippen molar-refractivity contribution in [2.75, 3.05) is 26.9 Å². The van der Waals surface area contributed by atoms with Crippen molar-refractivity contribution < 1.29 is 32.8 Å². The molecule has 2 aromatic rings. The summed E-state index contributed by atoms with van der Waals surface area (Å²) in [6, 6.07) is 10.5. The predicted octanol–water partition coefficient (Wildman–Crippen LogP) is 3.92. The third kappa shape index (κ3) is 6.76. The fourth-order valence-electron chi connectivity index (χ4n) is 2.74. The molecule has 0 aliphatic rings. The summed E-state index contributed by atoms with van der Waals surface area (Å²) in [5.74, 6) is 1.44. The van der Waals surface area contributed by atoms with Crippen molar-refractivity contribution >= 4 is 0 Å². The molecule has 0 saturated heterocycles. The highest BCUT2D eigenvalue weighted by molar-refractivity contribution is 5.44. The lowest BCUT2D eigenvalue weighted by Crippen LogP contribution is -2.18. The number of halogens is 2. The second-order valence-corrected chi connectivity index (χ2v) is 6.18. The zero-order valence-electron chi connectivity index (χ0n) is 16.8. The number of nitrogens with one attached hydrogen (secondary N) is 1. The predicted molar refractivity (Wildman–Crippen MR) is 105 cm³/mol. The smallest absolute Gasteiger partial charge is 0.387 e. The van der Waals surface area contributed by atoms with E-state index in [1.807, 2.05) is 19.1 Å². The lowest BCUT2D eigenvalue weighted by atomic mass is 10.1. The Bertz CT molecular complexity index is 773. The van der Waals surface area contributed by atoms with Gasteiger partial charge in [0.1, 0.15) is 6.61 Å². The van der Waals surface area contributed by atoms with E-state index in [4.69, 9.17) is 19.3 Å². The third-order valence-corrected chi connectivity index (χ3v) is 4.17. The first-order chi connectivity index (χ1) is 14.0. The number of aliphatic hydroxyl groups is 1. The first-order valence-corrected chi connectivity index (χ1v) is 9.34. The quantitative estimate of drug-likeness (QED) is 0.552. The van der Waals surface area contributed by atoms with Gasteiger partial charge in [-0.05, 0) is 49.2 Å². The minimum absolute atomic E-state index is 0.0108. The largest absolute Gasteiger partial charge is 0.493 e. The summed E-state index contributed by atoms with van der Waals surface area (Å²) in [6.45, 7) is 1.84. The average molecular weight is 411 g/mol. The Labute approximate surface area is 169 Å². The van der Waals surface area contributed by atoms with Crippen LogP contribution < -0.4 is 24.3 Å². The summed E-state index contributed by atoms with van der Waals surface area (Å²) >= 11 is 0. The normalized spacial score (nSPS) is 12.0. The van der Waals surface area contributed by atoms with E-state index in [1.54, 1.807) is 32.2 Å². The van der Waals surface area contributed by atoms with Crippen molar-refractivity contribution in [2.45, 2.75) is 33.0 Å². The van der Waals surface area contributed by atoms with E-state index in [0.29, 0.717) is 24.7 Å². The molecule has 0 fully saturated rings. The highest BCUT2D eigenvalue weighted by Gasteiger charge is 2.13. The van der Waals surface area contributed by atoms with Crippen molar-refractivity contribution in [3.8, 4) is 23.0 Å². The first kappa shape index (κ1) is 22.7. The van der Waals surface area contributed by atoms with Crippen molar-refractivity contribution in [3.05, 3.63) is 47.5 Å². The van der Waals surface area contributed by atoms with E-state index in [2.05, 4.69) is 10.1 Å². The van der Waals surface area contributed by atoms with Crippen molar-refractivity contribution in [1.82, 2.24) is 5.32 Å². The van der Waals surface area contributed by atoms with Gasteiger partial charge < -0.3 is 29.4 Å². The summed E-state index contributed by atoms with van der Waals surface area (Å²) in [5, 5.41) is 12.3. The Morgan fingerprint density at radius 2 is 1.76 bits per heavy atom. The van der Waals surface area contributed by atoms with Gasteiger partial charge in [0.15, 0.2) is 23.0 Å². The van der Waals surface area contributed by atoms with E-state index < -0.39 is 6.61 Å². The number of methoxy groups -OCH3 is 1. The van der Waals surface area contributed by atoms with Gasteiger partial charge in [0.25, 0.3) is 0 Å². The molecule has 2 rings (SSSR count). The first-order valence-electron chi connectivity index (χ1n) is 9.34. The standard InChI is InChI=1S/C21H27F2NO5/c1-4-27-20-11-15(5-7-18(20)29-21(22)23)13-24-14(2)16-6-8-17(28-10-9-25)19(12-16)26-3/h5-8,11-12,14,21,24-25H,4,9-10,13H2,1-3H3. The van der Waals surface area contributed by atoms with Crippen LogP contribution in [0.15, 0.2) is 36.4 Å². The van der Waals surface area contributed by atoms with Crippen LogP contribution in [0.5, 0.6) is 23.0 Å². The minimum atomic E-state index is -2.91. The number of alkyl halides is 2. The summed E-state index contributed by atoms with van der Waals surface area (Å²) < 4.78 is 45.7. The summed E-state index contributed by atoms with van der Waals surface area (Å²) in [5.41, 5.74) is 1.86. The van der Waals surface area contributed by atoms with Gasteiger partial charge in [-0.3, -0.25) is 0 Å². The van der Waals surface area contributed by atoms with Crippen LogP contribution in [0.3, 0.4) is 0 Å². The Kier molecular flexibility index (Phi) is 8.95. The van der Waals surface area contributed by atoms with Crippen molar-refractivity contribution in [1.29, 1.82) is 0 Å². The molecule has 0 aliphatic heterocycles. The number of hydrogen-bond acceptors (Lipinski definition) is 6. The third-order valence-electron chi connectivity index (χ3n) is 4.17. The lowest BCUT2D eigenvalue weighted by molar-refractivity contribution is -0.0514. The van der Waals surface area contributed by atoms with Crippen LogP contribution in [0, 0.1) is 0 Å². The van der Waals surface area contributed by atoms with E-state index in [0.717, 1.165) is 11.1 Å². The summed E-state index contributed by atoms with van der Waals surface area (Å²) in [6.07, 6.45) is 0. The maximum atomic E-state index is 12.5. The molecular weight excluding hydrogens is 384 g/mol. The van der Waals surface area contributed by atoms with E-state index in [9.17, 15) is 8.78 Å². The van der Waals surface area contributed by atoms with Crippen LogP contribution in [0.1, 0.15) is 31.0 Å². The molecule has 29 heavy (non-hydrogen) atoms. The molecule has 0 aromatic heterocycles. The molecule has 0 bridgehead atoms. The van der Waals surface area contributed by atoms with Gasteiger partial charge in [-0.15, -0.1) is 0 Å². The maximum absolute atomic E-state index is 12.5. The van der Waals surface area contributed by atoms with Crippen molar-refractivity contribution in [3.63, 3.8) is 0 Å². The second kappa shape index (κ2) is 11.4. The molecule has 2 aromatic carbocycles. The molecular formula is C21H27F2NO5. The topological polar surface area (TPSA) is 69.2 Å². The molecule has 8 heteroatoms. The Morgan fingerprint density at radius 1 is 1.00 bits per heavy atom. The Balaban J connectivity index is 2.06. The van der Waals surface area contributed by atoms with Crippen LogP contribution in [0.4, 0.5) is 8.78 Å². The number of benzene rings is 2. The molecule has 160 valence electrons. The number of hydrogen-bond donors (Lipinski definition) is 2. The number of ether oxygens (including phenoxy) is 4. The molecule has 0 heterocycles. The summed E-state index contributed by atoms with van der Waals surface area (Å²) in [4.78, 5) is 0. The molecule has 0 amide bonds. The van der Waals surface area contributed by atoms with Gasteiger partial charge in [-0.2, -0.15) is 8.78 Å². The van der Waals surface area contributed by atoms with Gasteiger partial charge in [0, 0.05) is 12.6 Å². The molecule has 1 atom stereocenters. The minimum Gasteiger partial charge on any atom is -0.493 e. The SMILES string of the molecule is CCOc1cc(CNC(C)c2ccc(OCCO)c(OC)c2)ccc1OC(F)F. The molecule has 2 N–H and O–H groups in total. The molecule has 0 radical (unpaired) electrons. The van der Waals surface area contributed by atoms with Crippen LogP contribution in [-0.2, 0) is 6.54 Å². The highest BCUT2D eigenvalue weighted by atomic mass is 19.3. The highest BCUT2D eigenvalue weighted by Crippen LogP contribution is 2.32. The summed E-state index contributed by atoms with van der Waals surface area (Å²) in [7, 11) is 1.56. The van der Waals surface area contributed by atoms with Gasteiger partial charge in [-0.1, -0.05) is 12.1 Å².